The smallest absolute Gasteiger partial charge is 0.252 e. The van der Waals surface area contributed by atoms with Crippen LogP contribution in [0, 0.1) is 12.8 Å². The Bertz CT molecular complexity index is 597. The summed E-state index contributed by atoms with van der Waals surface area (Å²) in [6.45, 7) is 6.27. The Morgan fingerprint density at radius 1 is 1.36 bits per heavy atom. The SMILES string of the molecule is Cc1ccc(CN2CCC(CNC(=O)c3cc[nH]c3)CC2)s1. The maximum absolute atomic E-state index is 11.9. The number of rotatable bonds is 5. The molecule has 1 aliphatic heterocycles. The molecule has 3 heterocycles. The average Bonchev–Trinajstić information content (AvgIpc) is 3.18. The van der Waals surface area contributed by atoms with Crippen LogP contribution >= 0.6 is 11.3 Å². The van der Waals surface area contributed by atoms with Crippen molar-refractivity contribution in [2.24, 2.45) is 5.92 Å². The van der Waals surface area contributed by atoms with E-state index in [0.717, 1.165) is 39.0 Å². The second-order valence-corrected chi connectivity index (χ2v) is 7.41. The topological polar surface area (TPSA) is 48.1 Å². The lowest BCUT2D eigenvalue weighted by molar-refractivity contribution is 0.0935. The molecule has 2 aromatic heterocycles. The second kappa shape index (κ2) is 7.11. The zero-order valence-electron chi connectivity index (χ0n) is 13.0. The molecular weight excluding hydrogens is 294 g/mol. The monoisotopic (exact) mass is 317 g/mol. The maximum Gasteiger partial charge on any atom is 0.252 e. The quantitative estimate of drug-likeness (QED) is 0.890. The van der Waals surface area contributed by atoms with Gasteiger partial charge < -0.3 is 10.3 Å². The molecule has 1 saturated heterocycles. The van der Waals surface area contributed by atoms with Crippen LogP contribution in [-0.2, 0) is 6.54 Å². The van der Waals surface area contributed by atoms with Crippen molar-refractivity contribution in [3.8, 4) is 0 Å². The number of piperidine rings is 1. The van der Waals surface area contributed by atoms with E-state index >= 15 is 0 Å². The predicted octanol–water partition coefficient (Wildman–Crippen LogP) is 3.03. The van der Waals surface area contributed by atoms with E-state index in [1.165, 1.54) is 9.75 Å². The first-order chi connectivity index (χ1) is 10.7. The minimum atomic E-state index is 0.0257. The fraction of sp³-hybridized carbons (Fsp3) is 0.471. The Kier molecular flexibility index (Phi) is 4.95. The number of hydrogen-bond donors (Lipinski definition) is 2. The van der Waals surface area contributed by atoms with Crippen molar-refractivity contribution in [2.45, 2.75) is 26.3 Å². The van der Waals surface area contributed by atoms with Crippen molar-refractivity contribution >= 4 is 17.2 Å². The van der Waals surface area contributed by atoms with Crippen molar-refractivity contribution in [3.63, 3.8) is 0 Å². The van der Waals surface area contributed by atoms with Gasteiger partial charge in [-0.25, -0.2) is 0 Å². The first-order valence-electron chi connectivity index (χ1n) is 7.89. The highest BCUT2D eigenvalue weighted by molar-refractivity contribution is 7.11. The molecule has 0 spiro atoms. The van der Waals surface area contributed by atoms with E-state index < -0.39 is 0 Å². The van der Waals surface area contributed by atoms with Gasteiger partial charge in [-0.2, -0.15) is 0 Å². The Morgan fingerprint density at radius 3 is 2.82 bits per heavy atom. The van der Waals surface area contributed by atoms with Gasteiger partial charge in [0.1, 0.15) is 0 Å². The summed E-state index contributed by atoms with van der Waals surface area (Å²) in [6, 6.07) is 6.24. The number of nitrogens with one attached hydrogen (secondary N) is 2. The molecule has 1 amide bonds. The fourth-order valence-electron chi connectivity index (χ4n) is 2.94. The van der Waals surface area contributed by atoms with E-state index in [0.29, 0.717) is 11.5 Å². The lowest BCUT2D eigenvalue weighted by Gasteiger charge is -2.31. The number of nitrogens with zero attached hydrogens (tertiary/aromatic N) is 1. The van der Waals surface area contributed by atoms with Gasteiger partial charge in [0.15, 0.2) is 0 Å². The van der Waals surface area contributed by atoms with Gasteiger partial charge in [0.05, 0.1) is 5.56 Å². The first-order valence-corrected chi connectivity index (χ1v) is 8.71. The lowest BCUT2D eigenvalue weighted by atomic mass is 9.96. The number of carbonyl (C=O) groups excluding carboxylic acids is 1. The van der Waals surface area contributed by atoms with Crippen molar-refractivity contribution in [1.29, 1.82) is 0 Å². The summed E-state index contributed by atoms with van der Waals surface area (Å²) >= 11 is 1.89. The Balaban J connectivity index is 1.39. The molecule has 1 fully saturated rings. The first kappa shape index (κ1) is 15.3. The van der Waals surface area contributed by atoms with Crippen molar-refractivity contribution < 1.29 is 4.79 Å². The Hall–Kier alpha value is -1.59. The molecule has 118 valence electrons. The van der Waals surface area contributed by atoms with Gasteiger partial charge >= 0.3 is 0 Å². The van der Waals surface area contributed by atoms with Crippen LogP contribution in [0.15, 0.2) is 30.6 Å². The zero-order valence-corrected chi connectivity index (χ0v) is 13.8. The number of thiophene rings is 1. The van der Waals surface area contributed by atoms with Gasteiger partial charge in [0.25, 0.3) is 5.91 Å². The second-order valence-electron chi connectivity index (χ2n) is 6.04. The molecule has 5 heteroatoms. The van der Waals surface area contributed by atoms with Crippen molar-refractivity contribution in [1.82, 2.24) is 15.2 Å². The Morgan fingerprint density at radius 2 is 2.18 bits per heavy atom. The van der Waals surface area contributed by atoms with Crippen LogP contribution < -0.4 is 5.32 Å². The largest absolute Gasteiger partial charge is 0.367 e. The molecular formula is C17H23N3OS. The number of aryl methyl sites for hydroxylation is 1. The van der Waals surface area contributed by atoms with E-state index in [-0.39, 0.29) is 5.91 Å². The number of carbonyl (C=O) groups is 1. The number of H-pyrrole nitrogens is 1. The number of hydrogen-bond acceptors (Lipinski definition) is 3. The lowest BCUT2D eigenvalue weighted by Crippen LogP contribution is -2.38. The average molecular weight is 317 g/mol. The number of aromatic amines is 1. The molecule has 0 aromatic carbocycles. The third-order valence-corrected chi connectivity index (χ3v) is 5.28. The van der Waals surface area contributed by atoms with Gasteiger partial charge in [-0.15, -0.1) is 11.3 Å². The molecule has 22 heavy (non-hydrogen) atoms. The van der Waals surface area contributed by atoms with Gasteiger partial charge in [-0.1, -0.05) is 0 Å². The highest BCUT2D eigenvalue weighted by atomic mass is 32.1. The van der Waals surface area contributed by atoms with Crippen LogP contribution in [-0.4, -0.2) is 35.4 Å². The third-order valence-electron chi connectivity index (χ3n) is 4.29. The Labute approximate surface area is 135 Å². The summed E-state index contributed by atoms with van der Waals surface area (Å²) in [5.41, 5.74) is 0.713. The molecule has 1 aliphatic rings. The summed E-state index contributed by atoms with van der Waals surface area (Å²) in [5.74, 6) is 0.627. The zero-order chi connectivity index (χ0) is 15.4. The molecule has 0 atom stereocenters. The molecule has 4 nitrogen and oxygen atoms in total. The van der Waals surface area contributed by atoms with Crippen LogP contribution in [0.4, 0.5) is 0 Å². The predicted molar refractivity (Wildman–Crippen MR) is 90.2 cm³/mol. The van der Waals surface area contributed by atoms with Gasteiger partial charge in [0.2, 0.25) is 0 Å². The summed E-state index contributed by atoms with van der Waals surface area (Å²) in [7, 11) is 0. The number of amides is 1. The fourth-order valence-corrected chi connectivity index (χ4v) is 3.88. The van der Waals surface area contributed by atoms with Gasteiger partial charge in [-0.3, -0.25) is 9.69 Å². The van der Waals surface area contributed by atoms with E-state index in [4.69, 9.17) is 0 Å². The van der Waals surface area contributed by atoms with E-state index in [9.17, 15) is 4.79 Å². The molecule has 0 aliphatic carbocycles. The standard InChI is InChI=1S/C17H23N3OS/c1-13-2-3-16(22-13)12-20-8-5-14(6-9-20)10-19-17(21)15-4-7-18-11-15/h2-4,7,11,14,18H,5-6,8-10,12H2,1H3,(H,19,21). The van der Waals surface area contributed by atoms with Crippen molar-refractivity contribution in [2.75, 3.05) is 19.6 Å². The molecule has 3 rings (SSSR count). The molecule has 0 unspecified atom stereocenters. The molecule has 2 aromatic rings. The minimum Gasteiger partial charge on any atom is -0.367 e. The van der Waals surface area contributed by atoms with E-state index in [2.05, 4.69) is 34.3 Å². The highest BCUT2D eigenvalue weighted by Gasteiger charge is 2.20. The molecule has 2 N–H and O–H groups in total. The summed E-state index contributed by atoms with van der Waals surface area (Å²) in [6.07, 6.45) is 5.84. The van der Waals surface area contributed by atoms with Crippen molar-refractivity contribution in [3.05, 3.63) is 45.9 Å². The molecule has 0 bridgehead atoms. The van der Waals surface area contributed by atoms with Crippen LogP contribution in [0.25, 0.3) is 0 Å². The molecule has 0 saturated carbocycles. The van der Waals surface area contributed by atoms with Crippen LogP contribution in [0.3, 0.4) is 0 Å². The maximum atomic E-state index is 11.9. The minimum absolute atomic E-state index is 0.0257. The normalized spacial score (nSPS) is 16.8. The summed E-state index contributed by atoms with van der Waals surface area (Å²) in [4.78, 5) is 20.2. The number of aromatic nitrogens is 1. The highest BCUT2D eigenvalue weighted by Crippen LogP contribution is 2.22. The van der Waals surface area contributed by atoms with E-state index in [1.807, 2.05) is 11.3 Å². The summed E-state index contributed by atoms with van der Waals surface area (Å²) in [5, 5.41) is 3.05. The number of likely N-dealkylation sites (tertiary alicyclic amines) is 1. The van der Waals surface area contributed by atoms with Gasteiger partial charge in [0, 0.05) is 35.2 Å². The van der Waals surface area contributed by atoms with Crippen LogP contribution in [0.5, 0.6) is 0 Å². The van der Waals surface area contributed by atoms with Gasteiger partial charge in [-0.05, 0) is 57.0 Å². The molecule has 0 radical (unpaired) electrons. The van der Waals surface area contributed by atoms with Crippen LogP contribution in [0.1, 0.15) is 33.0 Å². The third kappa shape index (κ3) is 3.99. The van der Waals surface area contributed by atoms with Crippen LogP contribution in [0.2, 0.25) is 0 Å². The van der Waals surface area contributed by atoms with E-state index in [1.54, 1.807) is 18.5 Å². The summed E-state index contributed by atoms with van der Waals surface area (Å²) < 4.78 is 0.